The molecule has 1 atom stereocenters. The Hall–Kier alpha value is -0.0800. The number of hydrogen-bond acceptors (Lipinski definition) is 2. The monoisotopic (exact) mass is 177 g/mol. The van der Waals surface area contributed by atoms with E-state index in [9.17, 15) is 4.79 Å². The van der Waals surface area contributed by atoms with E-state index in [0.717, 1.165) is 19.5 Å². The van der Waals surface area contributed by atoms with Gasteiger partial charge in [-0.3, -0.25) is 0 Å². The van der Waals surface area contributed by atoms with Gasteiger partial charge in [0.05, 0.1) is 0 Å². The number of halogens is 1. The summed E-state index contributed by atoms with van der Waals surface area (Å²) in [5, 5.41) is 3.29. The van der Waals surface area contributed by atoms with Crippen molar-refractivity contribution < 1.29 is 4.79 Å². The molecule has 1 aliphatic heterocycles. The van der Waals surface area contributed by atoms with Crippen LogP contribution in [-0.2, 0) is 4.79 Å². The molecule has 1 fully saturated rings. The third-order valence-corrected chi connectivity index (χ3v) is 1.98. The van der Waals surface area contributed by atoms with Gasteiger partial charge in [0, 0.05) is 6.42 Å². The van der Waals surface area contributed by atoms with Crippen LogP contribution in [0, 0.1) is 5.92 Å². The number of hydrogen-bond donors (Lipinski definition) is 1. The molecule has 11 heavy (non-hydrogen) atoms. The fraction of sp³-hybridized carbons (Fsp3) is 0.875. The minimum absolute atomic E-state index is 0. The number of carbonyl (C=O) groups is 1. The molecule has 0 bridgehead atoms. The van der Waals surface area contributed by atoms with E-state index in [4.69, 9.17) is 0 Å². The van der Waals surface area contributed by atoms with Gasteiger partial charge in [0.2, 0.25) is 0 Å². The maximum atomic E-state index is 10.7. The summed E-state index contributed by atoms with van der Waals surface area (Å²) in [5.74, 6) is 0.944. The fourth-order valence-corrected chi connectivity index (χ4v) is 1.50. The summed E-state index contributed by atoms with van der Waals surface area (Å²) >= 11 is 0. The van der Waals surface area contributed by atoms with Crippen molar-refractivity contribution in [2.24, 2.45) is 5.92 Å². The van der Waals surface area contributed by atoms with Gasteiger partial charge >= 0.3 is 0 Å². The molecule has 1 rings (SSSR count). The van der Waals surface area contributed by atoms with Crippen molar-refractivity contribution in [3.63, 3.8) is 0 Å². The van der Waals surface area contributed by atoms with Gasteiger partial charge in [0.15, 0.2) is 0 Å². The van der Waals surface area contributed by atoms with Crippen LogP contribution >= 0.6 is 12.4 Å². The first-order chi connectivity index (χ1) is 4.79. The molecule has 0 aliphatic carbocycles. The summed E-state index contributed by atoms with van der Waals surface area (Å²) in [5.41, 5.74) is 0. The molecule has 0 radical (unpaired) electrons. The van der Waals surface area contributed by atoms with Gasteiger partial charge in [0.1, 0.15) is 5.78 Å². The van der Waals surface area contributed by atoms with Crippen molar-refractivity contribution in [3.05, 3.63) is 0 Å². The van der Waals surface area contributed by atoms with E-state index >= 15 is 0 Å². The highest BCUT2D eigenvalue weighted by Crippen LogP contribution is 2.13. The molecule has 0 saturated carbocycles. The standard InChI is InChI=1S/C8H15NO.ClH/c1-7(10)5-8-3-2-4-9-6-8;/h8-9H,2-6H2,1H3;1H. The maximum Gasteiger partial charge on any atom is 0.130 e. The van der Waals surface area contributed by atoms with Crippen LogP contribution in [0.2, 0.25) is 0 Å². The Labute approximate surface area is 74.2 Å². The Morgan fingerprint density at radius 3 is 2.82 bits per heavy atom. The minimum atomic E-state index is 0. The van der Waals surface area contributed by atoms with Crippen molar-refractivity contribution in [3.8, 4) is 0 Å². The Bertz CT molecular complexity index is 121. The third-order valence-electron chi connectivity index (χ3n) is 1.98. The van der Waals surface area contributed by atoms with Crippen LogP contribution in [0.4, 0.5) is 0 Å². The molecule has 0 amide bonds. The molecule has 3 heteroatoms. The second-order valence-electron chi connectivity index (χ2n) is 3.12. The lowest BCUT2D eigenvalue weighted by atomic mass is 9.95. The summed E-state index contributed by atoms with van der Waals surface area (Å²) < 4.78 is 0. The third kappa shape index (κ3) is 4.38. The van der Waals surface area contributed by atoms with Crippen molar-refractivity contribution in [2.45, 2.75) is 26.2 Å². The molecule has 2 nitrogen and oxygen atoms in total. The number of nitrogens with one attached hydrogen (secondary N) is 1. The summed E-state index contributed by atoms with van der Waals surface area (Å²) in [6, 6.07) is 0. The molecule has 0 aromatic carbocycles. The molecule has 1 N–H and O–H groups in total. The number of piperidine rings is 1. The summed E-state index contributed by atoms with van der Waals surface area (Å²) in [7, 11) is 0. The highest BCUT2D eigenvalue weighted by atomic mass is 35.5. The first-order valence-corrected chi connectivity index (χ1v) is 3.99. The summed E-state index contributed by atoms with van der Waals surface area (Å²) in [6.45, 7) is 3.85. The molecule has 0 aromatic rings. The van der Waals surface area contributed by atoms with Crippen LogP contribution < -0.4 is 5.32 Å². The zero-order valence-corrected chi connectivity index (χ0v) is 7.75. The Kier molecular flexibility index (Phi) is 5.51. The van der Waals surface area contributed by atoms with Crippen molar-refractivity contribution >= 4 is 18.2 Å². The summed E-state index contributed by atoms with van der Waals surface area (Å²) in [4.78, 5) is 10.7. The van der Waals surface area contributed by atoms with Gasteiger partial charge in [-0.05, 0) is 38.8 Å². The molecule has 1 aliphatic rings. The van der Waals surface area contributed by atoms with Crippen LogP contribution in [0.15, 0.2) is 0 Å². The van der Waals surface area contributed by atoms with Crippen LogP contribution in [0.3, 0.4) is 0 Å². The fourth-order valence-electron chi connectivity index (χ4n) is 1.50. The lowest BCUT2D eigenvalue weighted by Crippen LogP contribution is -2.30. The zero-order chi connectivity index (χ0) is 7.40. The van der Waals surface area contributed by atoms with Crippen molar-refractivity contribution in [1.29, 1.82) is 0 Å². The van der Waals surface area contributed by atoms with E-state index in [1.54, 1.807) is 6.92 Å². The predicted molar refractivity (Wildman–Crippen MR) is 48.1 cm³/mol. The molecular weight excluding hydrogens is 162 g/mol. The normalized spacial score (nSPS) is 23.9. The number of ketones is 1. The highest BCUT2D eigenvalue weighted by molar-refractivity contribution is 5.85. The molecule has 66 valence electrons. The Morgan fingerprint density at radius 1 is 1.64 bits per heavy atom. The van der Waals surface area contributed by atoms with E-state index in [-0.39, 0.29) is 12.4 Å². The van der Waals surface area contributed by atoms with Crippen molar-refractivity contribution in [2.75, 3.05) is 13.1 Å². The van der Waals surface area contributed by atoms with E-state index in [1.807, 2.05) is 0 Å². The lowest BCUT2D eigenvalue weighted by Gasteiger charge is -2.21. The van der Waals surface area contributed by atoms with Gasteiger partial charge in [-0.2, -0.15) is 0 Å². The average Bonchev–Trinajstić information content (AvgIpc) is 1.88. The molecule has 1 heterocycles. The first-order valence-electron chi connectivity index (χ1n) is 3.99. The second kappa shape index (κ2) is 5.56. The molecule has 0 spiro atoms. The van der Waals surface area contributed by atoms with Gasteiger partial charge in [-0.15, -0.1) is 12.4 Å². The molecule has 1 unspecified atom stereocenters. The van der Waals surface area contributed by atoms with E-state index in [0.29, 0.717) is 11.7 Å². The van der Waals surface area contributed by atoms with E-state index in [1.165, 1.54) is 12.8 Å². The minimum Gasteiger partial charge on any atom is -0.316 e. The van der Waals surface area contributed by atoms with E-state index in [2.05, 4.69) is 5.32 Å². The number of rotatable bonds is 2. The Balaban J connectivity index is 0.000001000. The predicted octanol–water partition coefficient (Wildman–Crippen LogP) is 1.39. The largest absolute Gasteiger partial charge is 0.316 e. The highest BCUT2D eigenvalue weighted by Gasteiger charge is 2.13. The SMILES string of the molecule is CC(=O)CC1CCCNC1.Cl. The molecule has 1 saturated heterocycles. The number of Topliss-reactive ketones (excluding diaryl/α,β-unsaturated/α-hetero) is 1. The van der Waals surface area contributed by atoms with Gasteiger partial charge in [-0.1, -0.05) is 0 Å². The van der Waals surface area contributed by atoms with Gasteiger partial charge in [0.25, 0.3) is 0 Å². The average molecular weight is 178 g/mol. The first kappa shape index (κ1) is 10.9. The quantitative estimate of drug-likeness (QED) is 0.691. The topological polar surface area (TPSA) is 29.1 Å². The lowest BCUT2D eigenvalue weighted by molar-refractivity contribution is -0.118. The van der Waals surface area contributed by atoms with Crippen LogP contribution in [0.25, 0.3) is 0 Å². The maximum absolute atomic E-state index is 10.7. The van der Waals surface area contributed by atoms with Crippen LogP contribution in [0.1, 0.15) is 26.2 Å². The van der Waals surface area contributed by atoms with E-state index < -0.39 is 0 Å². The van der Waals surface area contributed by atoms with Crippen molar-refractivity contribution in [1.82, 2.24) is 5.32 Å². The van der Waals surface area contributed by atoms with Gasteiger partial charge in [-0.25, -0.2) is 0 Å². The number of carbonyl (C=O) groups excluding carboxylic acids is 1. The smallest absolute Gasteiger partial charge is 0.130 e. The molecule has 0 aromatic heterocycles. The molecular formula is C8H16ClNO. The Morgan fingerprint density at radius 2 is 2.36 bits per heavy atom. The van der Waals surface area contributed by atoms with Crippen LogP contribution in [-0.4, -0.2) is 18.9 Å². The second-order valence-corrected chi connectivity index (χ2v) is 3.12. The summed E-state index contributed by atoms with van der Waals surface area (Å²) in [6.07, 6.45) is 3.23. The van der Waals surface area contributed by atoms with Gasteiger partial charge < -0.3 is 10.1 Å². The zero-order valence-electron chi connectivity index (χ0n) is 6.93. The van der Waals surface area contributed by atoms with Crippen LogP contribution in [0.5, 0.6) is 0 Å².